The van der Waals surface area contributed by atoms with Crippen LogP contribution in [0.4, 0.5) is 0 Å². The molecule has 2 atom stereocenters. The molecule has 0 spiro atoms. The Morgan fingerprint density at radius 3 is 2.85 bits per heavy atom. The molecular formula is C20H18ClN3O2. The van der Waals surface area contributed by atoms with E-state index in [1.807, 2.05) is 54.1 Å². The first-order valence-electron chi connectivity index (χ1n) is 8.44. The van der Waals surface area contributed by atoms with E-state index in [0.29, 0.717) is 11.4 Å². The van der Waals surface area contributed by atoms with Gasteiger partial charge in [0.25, 0.3) is 5.91 Å². The van der Waals surface area contributed by atoms with Gasteiger partial charge in [-0.3, -0.25) is 4.79 Å². The molecule has 0 aliphatic carbocycles. The summed E-state index contributed by atoms with van der Waals surface area (Å²) in [5, 5.41) is 3.68. The predicted octanol–water partition coefficient (Wildman–Crippen LogP) is 3.71. The van der Waals surface area contributed by atoms with Gasteiger partial charge in [-0.2, -0.15) is 0 Å². The number of carbonyl (C=O) groups is 1. The number of hydrogen-bond acceptors (Lipinski definition) is 3. The lowest BCUT2D eigenvalue weighted by atomic mass is 10.1. The van der Waals surface area contributed by atoms with E-state index in [1.165, 1.54) is 0 Å². The van der Waals surface area contributed by atoms with Gasteiger partial charge >= 0.3 is 0 Å². The molecule has 1 aromatic heterocycles. The highest BCUT2D eigenvalue weighted by molar-refractivity contribution is 6.30. The van der Waals surface area contributed by atoms with E-state index in [2.05, 4.69) is 10.3 Å². The van der Waals surface area contributed by atoms with Crippen molar-refractivity contribution in [1.29, 1.82) is 0 Å². The van der Waals surface area contributed by atoms with Crippen molar-refractivity contribution in [3.8, 4) is 11.4 Å². The lowest BCUT2D eigenvalue weighted by Gasteiger charge is -2.18. The van der Waals surface area contributed by atoms with Crippen LogP contribution in [0, 0.1) is 0 Å². The van der Waals surface area contributed by atoms with Gasteiger partial charge in [0.2, 0.25) is 0 Å². The summed E-state index contributed by atoms with van der Waals surface area (Å²) in [4.78, 5) is 16.6. The molecule has 1 amide bonds. The van der Waals surface area contributed by atoms with Crippen molar-refractivity contribution in [2.24, 2.45) is 0 Å². The minimum atomic E-state index is -0.517. The second kappa shape index (κ2) is 6.84. The number of ether oxygens (including phenoxy) is 1. The van der Waals surface area contributed by atoms with E-state index >= 15 is 0 Å². The summed E-state index contributed by atoms with van der Waals surface area (Å²) in [5.41, 5.74) is 3.02. The number of halogens is 1. The summed E-state index contributed by atoms with van der Waals surface area (Å²) in [7, 11) is 0. The largest absolute Gasteiger partial charge is 0.480 e. The van der Waals surface area contributed by atoms with E-state index in [0.717, 1.165) is 22.6 Å². The van der Waals surface area contributed by atoms with Crippen molar-refractivity contribution in [1.82, 2.24) is 14.9 Å². The zero-order valence-electron chi connectivity index (χ0n) is 14.2. The van der Waals surface area contributed by atoms with Crippen LogP contribution < -0.4 is 10.1 Å². The van der Waals surface area contributed by atoms with Crippen molar-refractivity contribution >= 4 is 17.5 Å². The van der Waals surface area contributed by atoms with E-state index in [-0.39, 0.29) is 11.9 Å². The van der Waals surface area contributed by atoms with E-state index < -0.39 is 6.10 Å². The molecule has 1 aliphatic heterocycles. The van der Waals surface area contributed by atoms with Gasteiger partial charge in [-0.05, 0) is 48.4 Å². The molecule has 2 heterocycles. The standard InChI is InChI=1S/C20H18ClN3O2/c1-13(14-2-5-17(6-3-14)24-9-8-22-12-24)23-20(25)19-11-15-10-16(21)4-7-18(15)26-19/h2-10,12-13,19H,11H2,1H3,(H,23,25)/t13-,19+/m0/s1. The zero-order valence-corrected chi connectivity index (χ0v) is 15.0. The summed E-state index contributed by atoms with van der Waals surface area (Å²) < 4.78 is 7.68. The Morgan fingerprint density at radius 2 is 2.12 bits per heavy atom. The van der Waals surface area contributed by atoms with Crippen LogP contribution in [0.5, 0.6) is 5.75 Å². The van der Waals surface area contributed by atoms with Crippen molar-refractivity contribution in [2.45, 2.75) is 25.5 Å². The highest BCUT2D eigenvalue weighted by Crippen LogP contribution is 2.31. The number of rotatable bonds is 4. The first-order valence-corrected chi connectivity index (χ1v) is 8.82. The first-order chi connectivity index (χ1) is 12.6. The van der Waals surface area contributed by atoms with Crippen molar-refractivity contribution in [3.63, 3.8) is 0 Å². The fourth-order valence-electron chi connectivity index (χ4n) is 3.10. The molecule has 2 aromatic carbocycles. The Hall–Kier alpha value is -2.79. The number of carbonyl (C=O) groups excluding carboxylic acids is 1. The smallest absolute Gasteiger partial charge is 0.261 e. The normalized spacial score (nSPS) is 16.6. The summed E-state index contributed by atoms with van der Waals surface area (Å²) in [6.45, 7) is 1.96. The molecule has 0 bridgehead atoms. The van der Waals surface area contributed by atoms with Gasteiger partial charge in [0, 0.05) is 29.5 Å². The molecule has 3 aromatic rings. The topological polar surface area (TPSA) is 56.1 Å². The summed E-state index contributed by atoms with van der Waals surface area (Å²) >= 11 is 6.00. The number of aromatic nitrogens is 2. The Bertz CT molecular complexity index is 923. The fraction of sp³-hybridized carbons (Fsp3) is 0.200. The Kier molecular flexibility index (Phi) is 4.39. The molecule has 0 radical (unpaired) electrons. The van der Waals surface area contributed by atoms with Crippen LogP contribution in [0.2, 0.25) is 5.02 Å². The Labute approximate surface area is 156 Å². The van der Waals surface area contributed by atoms with Crippen molar-refractivity contribution < 1.29 is 9.53 Å². The van der Waals surface area contributed by atoms with Crippen LogP contribution in [0.25, 0.3) is 5.69 Å². The number of amides is 1. The number of imidazole rings is 1. The van der Waals surface area contributed by atoms with Gasteiger partial charge in [-0.15, -0.1) is 0 Å². The molecule has 5 nitrogen and oxygen atoms in total. The SMILES string of the molecule is C[C@H](NC(=O)[C@H]1Cc2cc(Cl)ccc2O1)c1ccc(-n2ccnc2)cc1. The average Bonchev–Trinajstić information content (AvgIpc) is 3.31. The maximum absolute atomic E-state index is 12.6. The van der Waals surface area contributed by atoms with Gasteiger partial charge in [0.05, 0.1) is 12.4 Å². The number of nitrogens with zero attached hydrogens (tertiary/aromatic N) is 2. The molecule has 0 unspecified atom stereocenters. The fourth-order valence-corrected chi connectivity index (χ4v) is 3.29. The number of fused-ring (bicyclic) bond motifs is 1. The first kappa shape index (κ1) is 16.7. The molecule has 1 N–H and O–H groups in total. The molecule has 6 heteroatoms. The lowest BCUT2D eigenvalue weighted by molar-refractivity contribution is -0.127. The Morgan fingerprint density at radius 1 is 1.31 bits per heavy atom. The lowest BCUT2D eigenvalue weighted by Crippen LogP contribution is -2.38. The van der Waals surface area contributed by atoms with Crippen LogP contribution in [0.3, 0.4) is 0 Å². The van der Waals surface area contributed by atoms with Gasteiger partial charge in [-0.25, -0.2) is 4.98 Å². The number of hydrogen-bond donors (Lipinski definition) is 1. The van der Waals surface area contributed by atoms with E-state index in [9.17, 15) is 4.79 Å². The van der Waals surface area contributed by atoms with Crippen LogP contribution in [-0.2, 0) is 11.2 Å². The third-order valence-corrected chi connectivity index (χ3v) is 4.78. The second-order valence-electron chi connectivity index (χ2n) is 6.35. The second-order valence-corrected chi connectivity index (χ2v) is 6.79. The van der Waals surface area contributed by atoms with E-state index in [4.69, 9.17) is 16.3 Å². The molecule has 0 saturated carbocycles. The molecule has 132 valence electrons. The van der Waals surface area contributed by atoms with Crippen LogP contribution >= 0.6 is 11.6 Å². The molecule has 1 aliphatic rings. The average molecular weight is 368 g/mol. The van der Waals surface area contributed by atoms with Crippen molar-refractivity contribution in [2.75, 3.05) is 0 Å². The summed E-state index contributed by atoms with van der Waals surface area (Å²) in [6.07, 6.45) is 5.40. The Balaban J connectivity index is 1.40. The molecule has 26 heavy (non-hydrogen) atoms. The summed E-state index contributed by atoms with van der Waals surface area (Å²) in [5.74, 6) is 0.607. The third-order valence-electron chi connectivity index (χ3n) is 4.54. The van der Waals surface area contributed by atoms with Gasteiger partial charge < -0.3 is 14.6 Å². The summed E-state index contributed by atoms with van der Waals surface area (Å²) in [6, 6.07) is 13.3. The number of nitrogens with one attached hydrogen (secondary N) is 1. The van der Waals surface area contributed by atoms with Crippen LogP contribution in [0.1, 0.15) is 24.1 Å². The molecule has 4 rings (SSSR count). The quantitative estimate of drug-likeness (QED) is 0.764. The molecule has 0 fully saturated rings. The van der Waals surface area contributed by atoms with Crippen LogP contribution in [-0.4, -0.2) is 21.6 Å². The highest BCUT2D eigenvalue weighted by Gasteiger charge is 2.30. The monoisotopic (exact) mass is 367 g/mol. The minimum absolute atomic E-state index is 0.116. The maximum Gasteiger partial charge on any atom is 0.261 e. The molecular weight excluding hydrogens is 350 g/mol. The number of benzene rings is 2. The van der Waals surface area contributed by atoms with Gasteiger partial charge in [0.1, 0.15) is 5.75 Å². The van der Waals surface area contributed by atoms with Gasteiger partial charge in [0.15, 0.2) is 6.10 Å². The maximum atomic E-state index is 12.6. The van der Waals surface area contributed by atoms with E-state index in [1.54, 1.807) is 18.6 Å². The van der Waals surface area contributed by atoms with Crippen molar-refractivity contribution in [3.05, 3.63) is 77.3 Å². The van der Waals surface area contributed by atoms with Crippen LogP contribution in [0.15, 0.2) is 61.2 Å². The third kappa shape index (κ3) is 3.30. The molecule has 0 saturated heterocycles. The zero-order chi connectivity index (χ0) is 18.1. The highest BCUT2D eigenvalue weighted by atomic mass is 35.5. The van der Waals surface area contributed by atoms with Gasteiger partial charge in [-0.1, -0.05) is 23.7 Å². The minimum Gasteiger partial charge on any atom is -0.480 e. The predicted molar refractivity (Wildman–Crippen MR) is 99.7 cm³/mol.